The minimum Gasteiger partial charge on any atom is -0.497 e. The van der Waals surface area contributed by atoms with E-state index in [4.69, 9.17) is 4.74 Å². The van der Waals surface area contributed by atoms with E-state index >= 15 is 0 Å². The molecule has 168 valence electrons. The standard InChI is InChI=1S/C21H22BrN5O4S/c1-31-18-4-2-3-16(13-18)14-26-15-20(23-24-26)21(28)25-9-11-27(12-10-25)32(29,30)19-7-5-17(22)6-8-19/h2-8,13,15H,9-12,14H2,1H3. The van der Waals surface area contributed by atoms with Crippen molar-refractivity contribution in [3.63, 3.8) is 0 Å². The van der Waals surface area contributed by atoms with Gasteiger partial charge in [0.2, 0.25) is 10.0 Å². The number of methoxy groups -OCH3 is 1. The highest BCUT2D eigenvalue weighted by atomic mass is 79.9. The average Bonchev–Trinajstić information content (AvgIpc) is 3.27. The molecule has 0 saturated carbocycles. The molecule has 0 atom stereocenters. The van der Waals surface area contributed by atoms with Crippen molar-refractivity contribution >= 4 is 31.9 Å². The van der Waals surface area contributed by atoms with Gasteiger partial charge in [-0.1, -0.05) is 33.3 Å². The predicted molar refractivity (Wildman–Crippen MR) is 121 cm³/mol. The third kappa shape index (κ3) is 4.84. The quantitative estimate of drug-likeness (QED) is 0.495. The average molecular weight is 520 g/mol. The Morgan fingerprint density at radius 2 is 1.81 bits per heavy atom. The number of hydrogen-bond donors (Lipinski definition) is 0. The second kappa shape index (κ2) is 9.39. The molecule has 0 aliphatic carbocycles. The fourth-order valence-corrected chi connectivity index (χ4v) is 5.17. The Labute approximate surface area is 194 Å². The Morgan fingerprint density at radius 3 is 2.50 bits per heavy atom. The van der Waals surface area contributed by atoms with Gasteiger partial charge in [-0.2, -0.15) is 4.31 Å². The summed E-state index contributed by atoms with van der Waals surface area (Å²) in [5, 5.41) is 8.06. The first-order valence-corrected chi connectivity index (χ1v) is 12.2. The van der Waals surface area contributed by atoms with Crippen LogP contribution < -0.4 is 4.74 Å². The van der Waals surface area contributed by atoms with E-state index < -0.39 is 10.0 Å². The Balaban J connectivity index is 1.38. The highest BCUT2D eigenvalue weighted by molar-refractivity contribution is 9.10. The van der Waals surface area contributed by atoms with Crippen LogP contribution in [0.5, 0.6) is 5.75 Å². The summed E-state index contributed by atoms with van der Waals surface area (Å²) >= 11 is 3.31. The molecule has 0 N–H and O–H groups in total. The van der Waals surface area contributed by atoms with Gasteiger partial charge in [0, 0.05) is 30.7 Å². The number of rotatable bonds is 6. The van der Waals surface area contributed by atoms with E-state index in [2.05, 4.69) is 26.2 Å². The van der Waals surface area contributed by atoms with Gasteiger partial charge in [0.15, 0.2) is 5.69 Å². The summed E-state index contributed by atoms with van der Waals surface area (Å²) in [6.07, 6.45) is 1.60. The predicted octanol–water partition coefficient (Wildman–Crippen LogP) is 2.24. The molecule has 0 spiro atoms. The molecule has 11 heteroatoms. The lowest BCUT2D eigenvalue weighted by Crippen LogP contribution is -2.50. The smallest absolute Gasteiger partial charge is 0.276 e. The molecule has 3 aromatic rings. The molecule has 2 heterocycles. The maximum absolute atomic E-state index is 12.8. The molecule has 32 heavy (non-hydrogen) atoms. The molecule has 9 nitrogen and oxygen atoms in total. The van der Waals surface area contributed by atoms with E-state index in [-0.39, 0.29) is 42.7 Å². The summed E-state index contributed by atoms with van der Waals surface area (Å²) in [6, 6.07) is 14.1. The fraction of sp³-hybridized carbons (Fsp3) is 0.286. The zero-order valence-corrected chi connectivity index (χ0v) is 19.8. The molecule has 1 aliphatic heterocycles. The van der Waals surface area contributed by atoms with Gasteiger partial charge in [-0.3, -0.25) is 4.79 Å². The van der Waals surface area contributed by atoms with E-state index in [0.29, 0.717) is 6.54 Å². The van der Waals surface area contributed by atoms with Gasteiger partial charge in [-0.15, -0.1) is 5.10 Å². The van der Waals surface area contributed by atoms with Crippen molar-refractivity contribution in [3.8, 4) is 5.75 Å². The first-order chi connectivity index (χ1) is 15.4. The number of hydrogen-bond acceptors (Lipinski definition) is 6. The highest BCUT2D eigenvalue weighted by Crippen LogP contribution is 2.20. The molecule has 1 aliphatic rings. The Kier molecular flexibility index (Phi) is 6.58. The molecule has 1 amide bonds. The first-order valence-electron chi connectivity index (χ1n) is 9.95. The van der Waals surface area contributed by atoms with Gasteiger partial charge in [0.1, 0.15) is 5.75 Å². The molecular formula is C21H22BrN5O4S. The van der Waals surface area contributed by atoms with Crippen LogP contribution in [0.25, 0.3) is 0 Å². The molecule has 2 aromatic carbocycles. The summed E-state index contributed by atoms with van der Waals surface area (Å²) in [5.74, 6) is 0.484. The number of ether oxygens (including phenoxy) is 1. The summed E-state index contributed by atoms with van der Waals surface area (Å²) < 4.78 is 34.7. The first kappa shape index (κ1) is 22.4. The Bertz CT molecular complexity index is 1200. The van der Waals surface area contributed by atoms with Gasteiger partial charge < -0.3 is 9.64 Å². The van der Waals surface area contributed by atoms with Crippen LogP contribution in [-0.4, -0.2) is 71.8 Å². The number of carbonyl (C=O) groups is 1. The summed E-state index contributed by atoms with van der Waals surface area (Å²) in [6.45, 7) is 1.48. The third-order valence-electron chi connectivity index (χ3n) is 5.21. The van der Waals surface area contributed by atoms with Crippen molar-refractivity contribution in [1.82, 2.24) is 24.2 Å². The molecule has 4 rings (SSSR count). The van der Waals surface area contributed by atoms with Crippen LogP contribution in [0.15, 0.2) is 64.1 Å². The fourth-order valence-electron chi connectivity index (χ4n) is 3.48. The maximum Gasteiger partial charge on any atom is 0.276 e. The van der Waals surface area contributed by atoms with Crippen LogP contribution in [0.4, 0.5) is 0 Å². The zero-order valence-electron chi connectivity index (χ0n) is 17.4. The number of piperazine rings is 1. The molecular weight excluding hydrogens is 498 g/mol. The van der Waals surface area contributed by atoms with E-state index in [1.54, 1.807) is 47.2 Å². The lowest BCUT2D eigenvalue weighted by Gasteiger charge is -2.33. The molecule has 0 radical (unpaired) electrons. The van der Waals surface area contributed by atoms with E-state index in [0.717, 1.165) is 15.8 Å². The zero-order chi connectivity index (χ0) is 22.7. The Hall–Kier alpha value is -2.76. The van der Waals surface area contributed by atoms with Crippen LogP contribution in [0.2, 0.25) is 0 Å². The summed E-state index contributed by atoms with van der Waals surface area (Å²) in [5.41, 5.74) is 1.21. The van der Waals surface area contributed by atoms with Crippen molar-refractivity contribution in [2.45, 2.75) is 11.4 Å². The van der Waals surface area contributed by atoms with Crippen molar-refractivity contribution in [2.75, 3.05) is 33.3 Å². The van der Waals surface area contributed by atoms with Crippen molar-refractivity contribution in [2.24, 2.45) is 0 Å². The minimum atomic E-state index is -3.60. The second-order valence-electron chi connectivity index (χ2n) is 7.30. The number of nitrogens with zero attached hydrogens (tertiary/aromatic N) is 5. The number of carbonyl (C=O) groups excluding carboxylic acids is 1. The number of amides is 1. The van der Waals surface area contributed by atoms with Crippen molar-refractivity contribution in [1.29, 1.82) is 0 Å². The molecule has 0 unspecified atom stereocenters. The van der Waals surface area contributed by atoms with E-state index in [9.17, 15) is 13.2 Å². The highest BCUT2D eigenvalue weighted by Gasteiger charge is 2.31. The number of halogens is 1. The summed E-state index contributed by atoms with van der Waals surface area (Å²) in [7, 11) is -1.99. The van der Waals surface area contributed by atoms with E-state index in [1.165, 1.54) is 4.31 Å². The lowest BCUT2D eigenvalue weighted by molar-refractivity contribution is 0.0692. The van der Waals surface area contributed by atoms with Crippen LogP contribution in [0, 0.1) is 0 Å². The van der Waals surface area contributed by atoms with E-state index in [1.807, 2.05) is 24.3 Å². The monoisotopic (exact) mass is 519 g/mol. The third-order valence-corrected chi connectivity index (χ3v) is 7.66. The molecule has 1 fully saturated rings. The summed E-state index contributed by atoms with van der Waals surface area (Å²) in [4.78, 5) is 14.7. The van der Waals surface area contributed by atoms with Crippen LogP contribution in [0.1, 0.15) is 16.1 Å². The SMILES string of the molecule is COc1cccc(Cn2cc(C(=O)N3CCN(S(=O)(=O)c4ccc(Br)cc4)CC3)nn2)c1. The van der Waals surface area contributed by atoms with Gasteiger partial charge in [0.05, 0.1) is 24.7 Å². The topological polar surface area (TPSA) is 97.6 Å². The largest absolute Gasteiger partial charge is 0.497 e. The second-order valence-corrected chi connectivity index (χ2v) is 10.2. The van der Waals surface area contributed by atoms with Crippen LogP contribution >= 0.6 is 15.9 Å². The van der Waals surface area contributed by atoms with Crippen molar-refractivity contribution < 1.29 is 17.9 Å². The molecule has 1 aromatic heterocycles. The molecule has 1 saturated heterocycles. The van der Waals surface area contributed by atoms with Crippen molar-refractivity contribution in [3.05, 3.63) is 70.5 Å². The van der Waals surface area contributed by atoms with Gasteiger partial charge in [-0.05, 0) is 42.0 Å². The van der Waals surface area contributed by atoms with Crippen LogP contribution in [0.3, 0.4) is 0 Å². The normalized spacial score (nSPS) is 15.0. The molecule has 0 bridgehead atoms. The van der Waals surface area contributed by atoms with Gasteiger partial charge in [-0.25, -0.2) is 13.1 Å². The number of aromatic nitrogens is 3. The number of benzene rings is 2. The van der Waals surface area contributed by atoms with Crippen LogP contribution in [-0.2, 0) is 16.6 Å². The number of sulfonamides is 1. The minimum absolute atomic E-state index is 0.224. The Morgan fingerprint density at radius 1 is 1.09 bits per heavy atom. The van der Waals surface area contributed by atoms with Gasteiger partial charge >= 0.3 is 0 Å². The van der Waals surface area contributed by atoms with Gasteiger partial charge in [0.25, 0.3) is 5.91 Å². The lowest BCUT2D eigenvalue weighted by atomic mass is 10.2. The maximum atomic E-state index is 12.8.